The van der Waals surface area contributed by atoms with Crippen LogP contribution in [-0.4, -0.2) is 11.1 Å². The molecule has 2 rings (SSSR count). The van der Waals surface area contributed by atoms with Gasteiger partial charge in [-0.25, -0.2) is 13.6 Å². The fourth-order valence-electron chi connectivity index (χ4n) is 1.71. The van der Waals surface area contributed by atoms with Crippen molar-refractivity contribution < 1.29 is 18.7 Å². The Morgan fingerprint density at radius 3 is 2.50 bits per heavy atom. The lowest BCUT2D eigenvalue weighted by Gasteiger charge is -2.12. The summed E-state index contributed by atoms with van der Waals surface area (Å²) in [6.07, 6.45) is 0. The molecule has 2 aromatic rings. The van der Waals surface area contributed by atoms with E-state index in [4.69, 9.17) is 5.11 Å². The number of anilines is 2. The minimum atomic E-state index is -1.15. The molecule has 0 aliphatic rings. The maximum Gasteiger partial charge on any atom is 0.337 e. The summed E-state index contributed by atoms with van der Waals surface area (Å²) >= 11 is 2.88. The lowest BCUT2D eigenvalue weighted by molar-refractivity contribution is 0.0698. The van der Waals surface area contributed by atoms with Crippen molar-refractivity contribution >= 4 is 33.3 Å². The van der Waals surface area contributed by atoms with Gasteiger partial charge in [0.05, 0.1) is 21.4 Å². The first kappa shape index (κ1) is 14.5. The van der Waals surface area contributed by atoms with Gasteiger partial charge in [-0.05, 0) is 46.6 Å². The highest BCUT2D eigenvalue weighted by atomic mass is 79.9. The van der Waals surface area contributed by atoms with Crippen LogP contribution in [0.5, 0.6) is 0 Å². The second-order valence-electron chi connectivity index (χ2n) is 4.23. The van der Waals surface area contributed by atoms with E-state index in [-0.39, 0.29) is 21.4 Å². The molecule has 0 aromatic heterocycles. The number of aromatic carboxylic acids is 1. The zero-order chi connectivity index (χ0) is 14.9. The zero-order valence-corrected chi connectivity index (χ0v) is 12.0. The standard InChI is InChI=1S/C14H10BrF2NO2/c1-7-2-3-8(14(19)20)12(4-7)18-13-6-10(16)9(15)5-11(13)17/h2-6,18H,1H3,(H,19,20). The van der Waals surface area contributed by atoms with Gasteiger partial charge in [-0.3, -0.25) is 0 Å². The Bertz CT molecular complexity index is 689. The summed E-state index contributed by atoms with van der Waals surface area (Å²) < 4.78 is 27.2. The van der Waals surface area contributed by atoms with Gasteiger partial charge in [-0.1, -0.05) is 6.07 Å². The van der Waals surface area contributed by atoms with E-state index in [1.165, 1.54) is 6.07 Å². The number of hydrogen-bond acceptors (Lipinski definition) is 2. The number of rotatable bonds is 3. The fraction of sp³-hybridized carbons (Fsp3) is 0.0714. The van der Waals surface area contributed by atoms with Crippen molar-refractivity contribution in [1.82, 2.24) is 0 Å². The lowest BCUT2D eigenvalue weighted by atomic mass is 10.1. The average molecular weight is 342 g/mol. The van der Waals surface area contributed by atoms with E-state index in [2.05, 4.69) is 21.2 Å². The number of carboxylic acids is 1. The number of carboxylic acid groups (broad SMARTS) is 1. The smallest absolute Gasteiger partial charge is 0.337 e. The summed E-state index contributed by atoms with van der Waals surface area (Å²) in [5.41, 5.74) is 0.866. The van der Waals surface area contributed by atoms with Crippen LogP contribution in [-0.2, 0) is 0 Å². The molecule has 6 heteroatoms. The fourth-order valence-corrected chi connectivity index (χ4v) is 2.03. The van der Waals surface area contributed by atoms with E-state index < -0.39 is 17.6 Å². The largest absolute Gasteiger partial charge is 0.478 e. The second-order valence-corrected chi connectivity index (χ2v) is 5.08. The van der Waals surface area contributed by atoms with Gasteiger partial charge in [-0.15, -0.1) is 0 Å². The molecule has 0 heterocycles. The summed E-state index contributed by atoms with van der Waals surface area (Å²) in [6, 6.07) is 6.55. The van der Waals surface area contributed by atoms with Crippen LogP contribution in [0, 0.1) is 18.6 Å². The molecular weight excluding hydrogens is 332 g/mol. The molecule has 20 heavy (non-hydrogen) atoms. The Balaban J connectivity index is 2.47. The van der Waals surface area contributed by atoms with Gasteiger partial charge in [0.1, 0.15) is 11.6 Å². The third-order valence-corrected chi connectivity index (χ3v) is 3.29. The molecule has 2 N–H and O–H groups in total. The second kappa shape index (κ2) is 5.58. The van der Waals surface area contributed by atoms with Crippen LogP contribution in [0.1, 0.15) is 15.9 Å². The maximum absolute atomic E-state index is 13.7. The van der Waals surface area contributed by atoms with Crippen LogP contribution in [0.25, 0.3) is 0 Å². The van der Waals surface area contributed by atoms with Gasteiger partial charge >= 0.3 is 5.97 Å². The van der Waals surface area contributed by atoms with E-state index >= 15 is 0 Å². The predicted octanol–water partition coefficient (Wildman–Crippen LogP) is 4.48. The topological polar surface area (TPSA) is 49.3 Å². The minimum absolute atomic E-state index is 0.00301. The van der Waals surface area contributed by atoms with Crippen LogP contribution in [0.15, 0.2) is 34.8 Å². The predicted molar refractivity (Wildman–Crippen MR) is 75.5 cm³/mol. The molecule has 0 aliphatic carbocycles. The van der Waals surface area contributed by atoms with E-state index in [9.17, 15) is 13.6 Å². The first-order valence-electron chi connectivity index (χ1n) is 5.64. The summed E-state index contributed by atoms with van der Waals surface area (Å²) in [5, 5.41) is 11.7. The molecule has 2 aromatic carbocycles. The van der Waals surface area contributed by atoms with Gasteiger partial charge in [0, 0.05) is 6.07 Å². The van der Waals surface area contributed by atoms with Crippen molar-refractivity contribution in [2.45, 2.75) is 6.92 Å². The first-order valence-corrected chi connectivity index (χ1v) is 6.43. The Morgan fingerprint density at radius 2 is 1.85 bits per heavy atom. The van der Waals surface area contributed by atoms with Crippen LogP contribution in [0.2, 0.25) is 0 Å². The van der Waals surface area contributed by atoms with E-state index in [1.54, 1.807) is 19.1 Å². The number of benzene rings is 2. The molecule has 0 saturated heterocycles. The van der Waals surface area contributed by atoms with Gasteiger partial charge < -0.3 is 10.4 Å². The number of aryl methyl sites for hydroxylation is 1. The zero-order valence-electron chi connectivity index (χ0n) is 10.4. The van der Waals surface area contributed by atoms with Crippen molar-refractivity contribution in [3.8, 4) is 0 Å². The molecule has 0 aliphatic heterocycles. The Kier molecular flexibility index (Phi) is 4.04. The molecule has 0 radical (unpaired) electrons. The van der Waals surface area contributed by atoms with E-state index in [0.717, 1.165) is 17.7 Å². The number of carbonyl (C=O) groups is 1. The van der Waals surface area contributed by atoms with Gasteiger partial charge in [0.25, 0.3) is 0 Å². The molecule has 104 valence electrons. The van der Waals surface area contributed by atoms with E-state index in [0.29, 0.717) is 0 Å². The molecule has 0 amide bonds. The molecular formula is C14H10BrF2NO2. The van der Waals surface area contributed by atoms with Crippen LogP contribution >= 0.6 is 15.9 Å². The monoisotopic (exact) mass is 341 g/mol. The average Bonchev–Trinajstić information content (AvgIpc) is 2.35. The number of hydrogen-bond donors (Lipinski definition) is 2. The van der Waals surface area contributed by atoms with Crippen molar-refractivity contribution in [2.75, 3.05) is 5.32 Å². The van der Waals surface area contributed by atoms with Crippen molar-refractivity contribution in [2.24, 2.45) is 0 Å². The Labute approximate surface area is 122 Å². The normalized spacial score (nSPS) is 10.4. The van der Waals surface area contributed by atoms with Gasteiger partial charge in [0.15, 0.2) is 0 Å². The maximum atomic E-state index is 13.7. The highest BCUT2D eigenvalue weighted by Crippen LogP contribution is 2.28. The molecule has 0 saturated carbocycles. The molecule has 0 fully saturated rings. The molecule has 0 unspecified atom stereocenters. The lowest BCUT2D eigenvalue weighted by Crippen LogP contribution is -2.04. The van der Waals surface area contributed by atoms with Crippen molar-refractivity contribution in [3.05, 3.63) is 57.6 Å². The third-order valence-electron chi connectivity index (χ3n) is 2.68. The molecule has 0 spiro atoms. The minimum Gasteiger partial charge on any atom is -0.478 e. The Morgan fingerprint density at radius 1 is 1.15 bits per heavy atom. The quantitative estimate of drug-likeness (QED) is 0.809. The number of halogens is 3. The highest BCUT2D eigenvalue weighted by molar-refractivity contribution is 9.10. The highest BCUT2D eigenvalue weighted by Gasteiger charge is 2.13. The van der Waals surface area contributed by atoms with Crippen LogP contribution < -0.4 is 5.32 Å². The first-order chi connectivity index (χ1) is 9.38. The van der Waals surface area contributed by atoms with Crippen molar-refractivity contribution in [1.29, 1.82) is 0 Å². The molecule has 3 nitrogen and oxygen atoms in total. The SMILES string of the molecule is Cc1ccc(C(=O)O)c(Nc2cc(F)c(Br)cc2F)c1. The van der Waals surface area contributed by atoms with Crippen molar-refractivity contribution in [3.63, 3.8) is 0 Å². The summed E-state index contributed by atoms with van der Waals surface area (Å²) in [4.78, 5) is 11.1. The Hall–Kier alpha value is -1.95. The third kappa shape index (κ3) is 2.96. The van der Waals surface area contributed by atoms with Crippen LogP contribution in [0.3, 0.4) is 0 Å². The number of nitrogens with one attached hydrogen (secondary N) is 1. The van der Waals surface area contributed by atoms with Gasteiger partial charge in [-0.2, -0.15) is 0 Å². The van der Waals surface area contributed by atoms with Crippen LogP contribution in [0.4, 0.5) is 20.2 Å². The summed E-state index contributed by atoms with van der Waals surface area (Å²) in [5.74, 6) is -2.47. The summed E-state index contributed by atoms with van der Waals surface area (Å²) in [7, 11) is 0. The molecule has 0 atom stereocenters. The summed E-state index contributed by atoms with van der Waals surface area (Å²) in [6.45, 7) is 1.77. The van der Waals surface area contributed by atoms with E-state index in [1.807, 2.05) is 0 Å². The van der Waals surface area contributed by atoms with Gasteiger partial charge in [0.2, 0.25) is 0 Å². The molecule has 0 bridgehead atoms.